The minimum atomic E-state index is -0.0725. The molecule has 1 saturated heterocycles. The standard InChI is InChI=1S/C19H23N3O3/c1-14(2)15-4-6-16(7-5-15)24-13-18(23)22-11-8-17(12-22)25-19-20-9-3-10-21-19/h3-7,9-10,14,17H,8,11-13H2,1-2H3/t17-/m0/s1. The molecule has 0 bridgehead atoms. The molecule has 2 aromatic rings. The van der Waals surface area contributed by atoms with Crippen molar-refractivity contribution in [2.45, 2.75) is 32.3 Å². The van der Waals surface area contributed by atoms with E-state index in [0.29, 0.717) is 30.8 Å². The summed E-state index contributed by atoms with van der Waals surface area (Å²) in [7, 11) is 0. The summed E-state index contributed by atoms with van der Waals surface area (Å²) in [6.45, 7) is 5.52. The largest absolute Gasteiger partial charge is 0.484 e. The van der Waals surface area contributed by atoms with Crippen LogP contribution in [0.4, 0.5) is 0 Å². The maximum atomic E-state index is 12.3. The second-order valence-electron chi connectivity index (χ2n) is 6.41. The van der Waals surface area contributed by atoms with E-state index in [0.717, 1.165) is 6.42 Å². The zero-order valence-corrected chi connectivity index (χ0v) is 14.6. The highest BCUT2D eigenvalue weighted by molar-refractivity contribution is 5.78. The van der Waals surface area contributed by atoms with Crippen LogP contribution in [0.5, 0.6) is 11.8 Å². The molecule has 0 spiro atoms. The van der Waals surface area contributed by atoms with Crippen LogP contribution in [0.1, 0.15) is 31.7 Å². The number of aromatic nitrogens is 2. The fourth-order valence-electron chi connectivity index (χ4n) is 2.73. The highest BCUT2D eigenvalue weighted by Gasteiger charge is 2.28. The molecule has 6 nitrogen and oxygen atoms in total. The van der Waals surface area contributed by atoms with Gasteiger partial charge in [-0.1, -0.05) is 26.0 Å². The lowest BCUT2D eigenvalue weighted by atomic mass is 10.0. The maximum Gasteiger partial charge on any atom is 0.316 e. The predicted octanol–water partition coefficient (Wildman–Crippen LogP) is 2.66. The van der Waals surface area contributed by atoms with Crippen molar-refractivity contribution in [1.29, 1.82) is 0 Å². The molecule has 1 amide bonds. The van der Waals surface area contributed by atoms with E-state index in [1.165, 1.54) is 5.56 Å². The average molecular weight is 341 g/mol. The molecule has 25 heavy (non-hydrogen) atoms. The highest BCUT2D eigenvalue weighted by Crippen LogP contribution is 2.19. The smallest absolute Gasteiger partial charge is 0.316 e. The van der Waals surface area contributed by atoms with Gasteiger partial charge in [0.15, 0.2) is 6.61 Å². The Bertz CT molecular complexity index is 689. The molecule has 0 unspecified atom stereocenters. The Morgan fingerprint density at radius 2 is 1.96 bits per heavy atom. The van der Waals surface area contributed by atoms with Crippen LogP contribution in [-0.4, -0.2) is 46.6 Å². The molecule has 1 fully saturated rings. The van der Waals surface area contributed by atoms with E-state index < -0.39 is 0 Å². The molecule has 0 radical (unpaired) electrons. The van der Waals surface area contributed by atoms with Gasteiger partial charge < -0.3 is 14.4 Å². The van der Waals surface area contributed by atoms with Gasteiger partial charge >= 0.3 is 6.01 Å². The molecule has 1 atom stereocenters. The van der Waals surface area contributed by atoms with Crippen molar-refractivity contribution < 1.29 is 14.3 Å². The van der Waals surface area contributed by atoms with Gasteiger partial charge in [0.25, 0.3) is 5.91 Å². The lowest BCUT2D eigenvalue weighted by Crippen LogP contribution is -2.34. The van der Waals surface area contributed by atoms with Crippen molar-refractivity contribution >= 4 is 5.91 Å². The van der Waals surface area contributed by atoms with Crippen LogP contribution >= 0.6 is 0 Å². The van der Waals surface area contributed by atoms with Gasteiger partial charge in [-0.25, -0.2) is 9.97 Å². The van der Waals surface area contributed by atoms with E-state index in [4.69, 9.17) is 9.47 Å². The molecule has 3 rings (SSSR count). The van der Waals surface area contributed by atoms with Crippen molar-refractivity contribution in [3.05, 3.63) is 48.3 Å². The number of carbonyl (C=O) groups is 1. The summed E-state index contributed by atoms with van der Waals surface area (Å²) in [5, 5.41) is 0. The van der Waals surface area contributed by atoms with E-state index in [9.17, 15) is 4.79 Å². The molecule has 0 N–H and O–H groups in total. The third-order valence-corrected chi connectivity index (χ3v) is 4.22. The molecule has 6 heteroatoms. The number of ether oxygens (including phenoxy) is 2. The van der Waals surface area contributed by atoms with Gasteiger partial charge in [0.2, 0.25) is 0 Å². The molecule has 0 saturated carbocycles. The summed E-state index contributed by atoms with van der Waals surface area (Å²) >= 11 is 0. The molecular weight excluding hydrogens is 318 g/mol. The van der Waals surface area contributed by atoms with Crippen LogP contribution in [-0.2, 0) is 4.79 Å². The fraction of sp³-hybridized carbons (Fsp3) is 0.421. The zero-order chi connectivity index (χ0) is 17.6. The maximum absolute atomic E-state index is 12.3. The van der Waals surface area contributed by atoms with Crippen LogP contribution in [0.25, 0.3) is 0 Å². The number of likely N-dealkylation sites (tertiary alicyclic amines) is 1. The normalized spacial score (nSPS) is 16.9. The lowest BCUT2D eigenvalue weighted by Gasteiger charge is -2.17. The topological polar surface area (TPSA) is 64.5 Å². The van der Waals surface area contributed by atoms with Crippen LogP contribution < -0.4 is 9.47 Å². The Morgan fingerprint density at radius 1 is 1.24 bits per heavy atom. The van der Waals surface area contributed by atoms with Crippen LogP contribution in [0.2, 0.25) is 0 Å². The first-order chi connectivity index (χ1) is 12.1. The SMILES string of the molecule is CC(C)c1ccc(OCC(=O)N2CC[C@H](Oc3ncccn3)C2)cc1. The van der Waals surface area contributed by atoms with E-state index in [2.05, 4.69) is 23.8 Å². The molecule has 1 aromatic carbocycles. The summed E-state index contributed by atoms with van der Waals surface area (Å²) in [4.78, 5) is 22.2. The number of carbonyl (C=O) groups excluding carboxylic acids is 1. The van der Waals surface area contributed by atoms with Gasteiger partial charge in [0, 0.05) is 25.4 Å². The van der Waals surface area contributed by atoms with Crippen LogP contribution in [0.3, 0.4) is 0 Å². The Hall–Kier alpha value is -2.63. The first-order valence-electron chi connectivity index (χ1n) is 8.56. The van der Waals surface area contributed by atoms with Gasteiger partial charge in [0.05, 0.1) is 6.54 Å². The molecule has 2 heterocycles. The van der Waals surface area contributed by atoms with Crippen molar-refractivity contribution in [3.63, 3.8) is 0 Å². The summed E-state index contributed by atoms with van der Waals surface area (Å²) in [6.07, 6.45) is 3.97. The van der Waals surface area contributed by atoms with Crippen molar-refractivity contribution in [1.82, 2.24) is 14.9 Å². The number of nitrogens with zero attached hydrogens (tertiary/aromatic N) is 3. The minimum absolute atomic E-state index is 0.0342. The fourth-order valence-corrected chi connectivity index (χ4v) is 2.73. The van der Waals surface area contributed by atoms with Crippen molar-refractivity contribution in [2.24, 2.45) is 0 Å². The highest BCUT2D eigenvalue weighted by atomic mass is 16.5. The first-order valence-corrected chi connectivity index (χ1v) is 8.56. The first kappa shape index (κ1) is 17.2. The van der Waals surface area contributed by atoms with Gasteiger partial charge in [-0.15, -0.1) is 0 Å². The zero-order valence-electron chi connectivity index (χ0n) is 14.6. The number of hydrogen-bond acceptors (Lipinski definition) is 5. The number of hydrogen-bond donors (Lipinski definition) is 0. The van der Waals surface area contributed by atoms with E-state index in [-0.39, 0.29) is 18.6 Å². The predicted molar refractivity (Wildman–Crippen MR) is 93.7 cm³/mol. The molecule has 0 aliphatic carbocycles. The van der Waals surface area contributed by atoms with Crippen LogP contribution in [0.15, 0.2) is 42.7 Å². The summed E-state index contributed by atoms with van der Waals surface area (Å²) in [6, 6.07) is 9.97. The van der Waals surface area contributed by atoms with Crippen LogP contribution in [0, 0.1) is 0 Å². The monoisotopic (exact) mass is 341 g/mol. The van der Waals surface area contributed by atoms with Crippen molar-refractivity contribution in [3.8, 4) is 11.8 Å². The van der Waals surface area contributed by atoms with E-state index in [1.54, 1.807) is 23.4 Å². The Balaban J connectivity index is 1.46. The van der Waals surface area contributed by atoms with E-state index in [1.807, 2.05) is 24.3 Å². The van der Waals surface area contributed by atoms with Crippen molar-refractivity contribution in [2.75, 3.05) is 19.7 Å². The Morgan fingerprint density at radius 3 is 2.64 bits per heavy atom. The summed E-state index contributed by atoms with van der Waals surface area (Å²) in [5.74, 6) is 1.15. The third-order valence-electron chi connectivity index (χ3n) is 4.22. The average Bonchev–Trinajstić information content (AvgIpc) is 3.09. The summed E-state index contributed by atoms with van der Waals surface area (Å²) in [5.41, 5.74) is 1.25. The number of benzene rings is 1. The Labute approximate surface area is 147 Å². The third kappa shape index (κ3) is 4.68. The molecule has 1 aromatic heterocycles. The van der Waals surface area contributed by atoms with Gasteiger partial charge in [-0.05, 0) is 29.7 Å². The number of amides is 1. The Kier molecular flexibility index (Phi) is 5.48. The van der Waals surface area contributed by atoms with Gasteiger partial charge in [-0.2, -0.15) is 0 Å². The second kappa shape index (κ2) is 7.96. The van der Waals surface area contributed by atoms with E-state index >= 15 is 0 Å². The molecule has 1 aliphatic heterocycles. The van der Waals surface area contributed by atoms with Gasteiger partial charge in [-0.3, -0.25) is 4.79 Å². The van der Waals surface area contributed by atoms with Gasteiger partial charge in [0.1, 0.15) is 11.9 Å². The summed E-state index contributed by atoms with van der Waals surface area (Å²) < 4.78 is 11.3. The molecule has 132 valence electrons. The quantitative estimate of drug-likeness (QED) is 0.808. The second-order valence-corrected chi connectivity index (χ2v) is 6.41. The number of rotatable bonds is 6. The molecule has 1 aliphatic rings. The minimum Gasteiger partial charge on any atom is -0.484 e. The molecular formula is C19H23N3O3. The lowest BCUT2D eigenvalue weighted by molar-refractivity contribution is -0.132.